The number of nitrogens with zero attached hydrogens (tertiary/aromatic N) is 5. The van der Waals surface area contributed by atoms with Gasteiger partial charge >= 0.3 is 0 Å². The van der Waals surface area contributed by atoms with Gasteiger partial charge < -0.3 is 14.4 Å². The third-order valence-electron chi connectivity index (χ3n) is 6.86. The zero-order valence-electron chi connectivity index (χ0n) is 20.0. The Kier molecular flexibility index (Phi) is 5.18. The smallest absolute Gasteiger partial charge is 0.228 e. The lowest BCUT2D eigenvalue weighted by atomic mass is 9.92. The molecule has 1 aromatic carbocycles. The minimum atomic E-state index is -0.403. The monoisotopic (exact) mass is 449 g/mol. The van der Waals surface area contributed by atoms with Gasteiger partial charge in [0.2, 0.25) is 5.91 Å². The molecule has 0 spiro atoms. The van der Waals surface area contributed by atoms with E-state index >= 15 is 0 Å². The Morgan fingerprint density at radius 1 is 1.09 bits per heavy atom. The summed E-state index contributed by atoms with van der Waals surface area (Å²) in [6.45, 7) is 11.6. The molecule has 174 valence electrons. The number of hydrogen-bond donors (Lipinski definition) is 0. The second-order valence-electron chi connectivity index (χ2n) is 10.7. The standard InChI is InChI=1S/C26H32FN5O/c1-16-13-31(25(33)26(3,4)5)17(2)12-30(16)23-22-21(18-9-10-18)14-32(24(22)29-15-28-23)20-8-6-7-19(27)11-20/h6-8,11,14-18H,9-10,12-13H2,1-5H3/t16-,17+/m0/s1. The predicted molar refractivity (Wildman–Crippen MR) is 128 cm³/mol. The average Bonchev–Trinajstić information content (AvgIpc) is 3.53. The largest absolute Gasteiger partial charge is 0.349 e. The summed E-state index contributed by atoms with van der Waals surface area (Å²) >= 11 is 0. The molecule has 1 amide bonds. The fourth-order valence-electron chi connectivity index (χ4n) is 4.95. The lowest BCUT2D eigenvalue weighted by molar-refractivity contribution is -0.142. The molecule has 0 bridgehead atoms. The lowest BCUT2D eigenvalue weighted by Gasteiger charge is -2.46. The lowest BCUT2D eigenvalue weighted by Crippen LogP contribution is -2.60. The van der Waals surface area contributed by atoms with E-state index < -0.39 is 5.41 Å². The van der Waals surface area contributed by atoms with Crippen molar-refractivity contribution < 1.29 is 9.18 Å². The first-order chi connectivity index (χ1) is 15.6. The Morgan fingerprint density at radius 2 is 1.85 bits per heavy atom. The Labute approximate surface area is 194 Å². The molecule has 33 heavy (non-hydrogen) atoms. The third kappa shape index (κ3) is 3.87. The minimum Gasteiger partial charge on any atom is -0.349 e. The molecule has 2 aliphatic rings. The van der Waals surface area contributed by atoms with E-state index in [9.17, 15) is 9.18 Å². The first-order valence-corrected chi connectivity index (χ1v) is 11.8. The van der Waals surface area contributed by atoms with Crippen LogP contribution in [0.15, 0.2) is 36.8 Å². The Balaban J connectivity index is 1.58. The number of aromatic nitrogens is 3. The Morgan fingerprint density at radius 3 is 2.52 bits per heavy atom. The summed E-state index contributed by atoms with van der Waals surface area (Å²) in [5.41, 5.74) is 2.40. The van der Waals surface area contributed by atoms with Crippen molar-refractivity contribution in [3.63, 3.8) is 0 Å². The normalized spacial score (nSPS) is 21.6. The van der Waals surface area contributed by atoms with Gasteiger partial charge in [-0.05, 0) is 56.4 Å². The molecule has 0 N–H and O–H groups in total. The number of benzene rings is 1. The van der Waals surface area contributed by atoms with Gasteiger partial charge in [0.15, 0.2) is 0 Å². The van der Waals surface area contributed by atoms with E-state index in [2.05, 4.69) is 29.9 Å². The SMILES string of the molecule is C[C@@H]1CN(c2ncnc3c2c(C2CC2)cn3-c2cccc(F)c2)[C@@H](C)CN1C(=O)C(C)(C)C. The van der Waals surface area contributed by atoms with Gasteiger partial charge in [0.05, 0.1) is 5.39 Å². The topological polar surface area (TPSA) is 54.3 Å². The number of carbonyl (C=O) groups excluding carboxylic acids is 1. The first kappa shape index (κ1) is 21.9. The predicted octanol–water partition coefficient (Wildman–Crippen LogP) is 4.91. The van der Waals surface area contributed by atoms with Crippen LogP contribution in [0.25, 0.3) is 16.7 Å². The average molecular weight is 450 g/mol. The molecule has 2 atom stereocenters. The van der Waals surface area contributed by atoms with Gasteiger partial charge in [-0.1, -0.05) is 26.8 Å². The number of rotatable bonds is 3. The highest BCUT2D eigenvalue weighted by molar-refractivity contribution is 5.93. The molecule has 1 aliphatic heterocycles. The quantitative estimate of drug-likeness (QED) is 0.570. The highest BCUT2D eigenvalue weighted by Crippen LogP contribution is 2.46. The van der Waals surface area contributed by atoms with Crippen molar-refractivity contribution >= 4 is 22.8 Å². The number of piperazine rings is 1. The van der Waals surface area contributed by atoms with E-state index in [1.165, 1.54) is 11.6 Å². The van der Waals surface area contributed by atoms with E-state index in [1.807, 2.05) is 36.3 Å². The summed E-state index contributed by atoms with van der Waals surface area (Å²) in [4.78, 5) is 26.7. The maximum Gasteiger partial charge on any atom is 0.228 e. The summed E-state index contributed by atoms with van der Waals surface area (Å²) in [6, 6.07) is 6.83. The van der Waals surface area contributed by atoms with Crippen LogP contribution in [0, 0.1) is 11.2 Å². The van der Waals surface area contributed by atoms with Crippen LogP contribution in [0.3, 0.4) is 0 Å². The van der Waals surface area contributed by atoms with Gasteiger partial charge in [0.25, 0.3) is 0 Å². The second kappa shape index (κ2) is 7.82. The molecule has 1 aliphatic carbocycles. The van der Waals surface area contributed by atoms with Crippen LogP contribution in [0.2, 0.25) is 0 Å². The zero-order valence-corrected chi connectivity index (χ0v) is 20.0. The molecule has 7 heteroatoms. The van der Waals surface area contributed by atoms with Crippen molar-refractivity contribution in [2.45, 2.75) is 65.5 Å². The van der Waals surface area contributed by atoms with Crippen LogP contribution in [0.5, 0.6) is 0 Å². The van der Waals surface area contributed by atoms with Gasteiger partial charge in [-0.2, -0.15) is 0 Å². The molecule has 6 nitrogen and oxygen atoms in total. The molecule has 3 aromatic rings. The number of amides is 1. The van der Waals surface area contributed by atoms with Crippen LogP contribution in [0.1, 0.15) is 58.9 Å². The highest BCUT2D eigenvalue weighted by Gasteiger charge is 2.38. The second-order valence-corrected chi connectivity index (χ2v) is 10.7. The fourth-order valence-corrected chi connectivity index (χ4v) is 4.95. The molecule has 1 saturated heterocycles. The minimum absolute atomic E-state index is 0.0765. The van der Waals surface area contributed by atoms with Gasteiger partial charge in [0.1, 0.15) is 23.6 Å². The highest BCUT2D eigenvalue weighted by atomic mass is 19.1. The van der Waals surface area contributed by atoms with Crippen molar-refractivity contribution in [1.82, 2.24) is 19.4 Å². The molecule has 1 saturated carbocycles. The van der Waals surface area contributed by atoms with Gasteiger partial charge in [-0.15, -0.1) is 0 Å². The van der Waals surface area contributed by atoms with E-state index in [0.717, 1.165) is 35.4 Å². The third-order valence-corrected chi connectivity index (χ3v) is 6.86. The summed E-state index contributed by atoms with van der Waals surface area (Å²) in [5, 5.41) is 1.05. The molecule has 3 heterocycles. The van der Waals surface area contributed by atoms with Crippen LogP contribution in [0.4, 0.5) is 10.2 Å². The molecule has 2 aromatic heterocycles. The van der Waals surface area contributed by atoms with E-state index in [0.29, 0.717) is 19.0 Å². The maximum atomic E-state index is 14.0. The van der Waals surface area contributed by atoms with Crippen LogP contribution in [-0.4, -0.2) is 50.5 Å². The van der Waals surface area contributed by atoms with Crippen molar-refractivity contribution in [1.29, 1.82) is 0 Å². The van der Waals surface area contributed by atoms with E-state index in [-0.39, 0.29) is 23.8 Å². The maximum absolute atomic E-state index is 14.0. The number of hydrogen-bond acceptors (Lipinski definition) is 4. The molecular formula is C26H32FN5O. The summed E-state index contributed by atoms with van der Waals surface area (Å²) < 4.78 is 16.0. The van der Waals surface area contributed by atoms with E-state index in [4.69, 9.17) is 4.98 Å². The Hall–Kier alpha value is -2.96. The zero-order chi connectivity index (χ0) is 23.5. The van der Waals surface area contributed by atoms with Crippen LogP contribution in [-0.2, 0) is 4.79 Å². The van der Waals surface area contributed by atoms with Crippen molar-refractivity contribution in [2.75, 3.05) is 18.0 Å². The molecular weight excluding hydrogens is 417 g/mol. The van der Waals surface area contributed by atoms with Crippen molar-refractivity contribution in [3.05, 3.63) is 48.2 Å². The number of fused-ring (bicyclic) bond motifs is 1. The molecule has 5 rings (SSSR count). The van der Waals surface area contributed by atoms with Crippen LogP contribution < -0.4 is 4.90 Å². The van der Waals surface area contributed by atoms with Gasteiger partial charge in [-0.25, -0.2) is 14.4 Å². The van der Waals surface area contributed by atoms with Crippen LogP contribution >= 0.6 is 0 Å². The van der Waals surface area contributed by atoms with E-state index in [1.54, 1.807) is 18.5 Å². The summed E-state index contributed by atoms with van der Waals surface area (Å²) in [5.74, 6) is 1.33. The van der Waals surface area contributed by atoms with Crippen molar-refractivity contribution in [2.24, 2.45) is 5.41 Å². The van der Waals surface area contributed by atoms with Gasteiger partial charge in [-0.3, -0.25) is 4.79 Å². The summed E-state index contributed by atoms with van der Waals surface area (Å²) in [6.07, 6.45) is 6.02. The number of halogens is 1. The summed E-state index contributed by atoms with van der Waals surface area (Å²) in [7, 11) is 0. The number of anilines is 1. The Bertz CT molecular complexity index is 1210. The fraction of sp³-hybridized carbons (Fsp3) is 0.500. The molecule has 2 fully saturated rings. The first-order valence-electron chi connectivity index (χ1n) is 11.8. The number of carbonyl (C=O) groups is 1. The van der Waals surface area contributed by atoms with Gasteiger partial charge in [0, 0.05) is 42.5 Å². The van der Waals surface area contributed by atoms with Crippen molar-refractivity contribution in [3.8, 4) is 5.69 Å². The molecule has 0 unspecified atom stereocenters. The molecule has 0 radical (unpaired) electrons.